The van der Waals surface area contributed by atoms with E-state index in [1.807, 2.05) is 17.0 Å². The summed E-state index contributed by atoms with van der Waals surface area (Å²) in [6.07, 6.45) is 1.92. The first-order valence-corrected chi connectivity index (χ1v) is 6.82. The molecular formula is C13H15BrN2O. The number of fused-ring (bicyclic) bond motifs is 2. The fourth-order valence-electron chi connectivity index (χ4n) is 2.76. The number of rotatable bonds is 3. The monoisotopic (exact) mass is 294 g/mol. The molecule has 2 fully saturated rings. The Morgan fingerprint density at radius 1 is 1.41 bits per heavy atom. The lowest BCUT2D eigenvalue weighted by atomic mass is 10.1. The summed E-state index contributed by atoms with van der Waals surface area (Å²) in [5, 5.41) is 3.24. The molecule has 1 aromatic rings. The summed E-state index contributed by atoms with van der Waals surface area (Å²) in [6.45, 7) is 1.80. The Hall–Kier alpha value is -0.870. The highest BCUT2D eigenvalue weighted by atomic mass is 79.9. The Kier molecular flexibility index (Phi) is 2.92. The second kappa shape index (κ2) is 4.42. The zero-order valence-corrected chi connectivity index (χ0v) is 11.1. The van der Waals surface area contributed by atoms with E-state index in [1.54, 1.807) is 0 Å². The maximum atomic E-state index is 11.9. The van der Waals surface area contributed by atoms with Crippen molar-refractivity contribution < 1.29 is 4.79 Å². The van der Waals surface area contributed by atoms with E-state index >= 15 is 0 Å². The number of nitrogens with one attached hydrogen (secondary N) is 1. The van der Waals surface area contributed by atoms with E-state index in [4.69, 9.17) is 0 Å². The van der Waals surface area contributed by atoms with Crippen molar-refractivity contribution in [2.45, 2.75) is 24.9 Å². The zero-order chi connectivity index (χ0) is 11.8. The maximum absolute atomic E-state index is 11.9. The Labute approximate surface area is 109 Å². The van der Waals surface area contributed by atoms with Crippen LogP contribution in [0.25, 0.3) is 0 Å². The molecule has 2 aliphatic rings. The Balaban J connectivity index is 1.66. The van der Waals surface area contributed by atoms with Crippen LogP contribution in [0.2, 0.25) is 0 Å². The smallest absolute Gasteiger partial charge is 0.240 e. The highest BCUT2D eigenvalue weighted by molar-refractivity contribution is 9.10. The fourth-order valence-corrected chi connectivity index (χ4v) is 3.24. The summed E-state index contributed by atoms with van der Waals surface area (Å²) in [5.41, 5.74) is 1.27. The SMILES string of the molecule is O=C1C2CC(CN2)N1CCc1ccccc1Br. The summed E-state index contributed by atoms with van der Waals surface area (Å²) in [7, 11) is 0. The molecule has 2 bridgehead atoms. The predicted octanol–water partition coefficient (Wildman–Crippen LogP) is 1.56. The first kappa shape index (κ1) is 11.2. The van der Waals surface area contributed by atoms with Gasteiger partial charge in [0.05, 0.1) is 6.04 Å². The van der Waals surface area contributed by atoms with Gasteiger partial charge in [0.25, 0.3) is 0 Å². The molecule has 3 nitrogen and oxygen atoms in total. The second-order valence-corrected chi connectivity index (χ2v) is 5.58. The second-order valence-electron chi connectivity index (χ2n) is 4.72. The molecule has 17 heavy (non-hydrogen) atoms. The predicted molar refractivity (Wildman–Crippen MR) is 69.8 cm³/mol. The van der Waals surface area contributed by atoms with E-state index in [0.717, 1.165) is 30.4 Å². The minimum Gasteiger partial charge on any atom is -0.337 e. The number of halogens is 1. The first-order valence-electron chi connectivity index (χ1n) is 6.03. The molecule has 2 atom stereocenters. The fraction of sp³-hybridized carbons (Fsp3) is 0.462. The summed E-state index contributed by atoms with van der Waals surface area (Å²) < 4.78 is 1.13. The van der Waals surface area contributed by atoms with Gasteiger partial charge in [-0.25, -0.2) is 0 Å². The lowest BCUT2D eigenvalue weighted by Gasteiger charge is -2.27. The Morgan fingerprint density at radius 2 is 2.24 bits per heavy atom. The average Bonchev–Trinajstić information content (AvgIpc) is 2.90. The molecule has 2 saturated heterocycles. The van der Waals surface area contributed by atoms with Crippen molar-refractivity contribution in [1.82, 2.24) is 10.2 Å². The molecule has 90 valence electrons. The molecule has 3 rings (SSSR count). The normalized spacial score (nSPS) is 26.9. The Bertz CT molecular complexity index is 449. The molecule has 0 spiro atoms. The Morgan fingerprint density at radius 3 is 2.94 bits per heavy atom. The van der Waals surface area contributed by atoms with Crippen LogP contribution in [0.15, 0.2) is 28.7 Å². The van der Waals surface area contributed by atoms with Crippen LogP contribution in [0.1, 0.15) is 12.0 Å². The van der Waals surface area contributed by atoms with Crippen LogP contribution >= 0.6 is 15.9 Å². The van der Waals surface area contributed by atoms with Crippen LogP contribution in [-0.2, 0) is 11.2 Å². The topological polar surface area (TPSA) is 32.3 Å². The van der Waals surface area contributed by atoms with Crippen LogP contribution in [0.3, 0.4) is 0 Å². The van der Waals surface area contributed by atoms with Gasteiger partial charge in [-0.15, -0.1) is 0 Å². The highest BCUT2D eigenvalue weighted by Gasteiger charge is 2.43. The molecule has 1 amide bonds. The number of benzene rings is 1. The van der Waals surface area contributed by atoms with E-state index in [9.17, 15) is 4.79 Å². The minimum absolute atomic E-state index is 0.0965. The third-order valence-electron chi connectivity index (χ3n) is 3.71. The van der Waals surface area contributed by atoms with Gasteiger partial charge in [0.15, 0.2) is 0 Å². The molecule has 0 aliphatic carbocycles. The van der Waals surface area contributed by atoms with Gasteiger partial charge in [-0.1, -0.05) is 34.1 Å². The van der Waals surface area contributed by atoms with Crippen LogP contribution in [0, 0.1) is 0 Å². The minimum atomic E-state index is 0.0965. The van der Waals surface area contributed by atoms with Gasteiger partial charge in [-0.3, -0.25) is 4.79 Å². The van der Waals surface area contributed by atoms with Crippen molar-refractivity contribution in [3.8, 4) is 0 Å². The third kappa shape index (κ3) is 2.00. The van der Waals surface area contributed by atoms with Crippen LogP contribution in [0.4, 0.5) is 0 Å². The number of nitrogens with zero attached hydrogens (tertiary/aromatic N) is 1. The maximum Gasteiger partial charge on any atom is 0.240 e. The van der Waals surface area contributed by atoms with Crippen molar-refractivity contribution in [2.24, 2.45) is 0 Å². The third-order valence-corrected chi connectivity index (χ3v) is 4.48. The van der Waals surface area contributed by atoms with Gasteiger partial charge in [-0.2, -0.15) is 0 Å². The van der Waals surface area contributed by atoms with Crippen molar-refractivity contribution >= 4 is 21.8 Å². The van der Waals surface area contributed by atoms with E-state index < -0.39 is 0 Å². The summed E-state index contributed by atoms with van der Waals surface area (Å²) >= 11 is 3.55. The molecule has 2 unspecified atom stereocenters. The lowest BCUT2D eigenvalue weighted by Crippen LogP contribution is -2.48. The number of piperazine rings is 1. The highest BCUT2D eigenvalue weighted by Crippen LogP contribution is 2.25. The number of amides is 1. The van der Waals surface area contributed by atoms with Crippen LogP contribution in [-0.4, -0.2) is 36.0 Å². The molecule has 2 heterocycles. The van der Waals surface area contributed by atoms with Crippen molar-refractivity contribution in [3.05, 3.63) is 34.3 Å². The van der Waals surface area contributed by atoms with Crippen LogP contribution in [0.5, 0.6) is 0 Å². The number of carbonyl (C=O) groups is 1. The van der Waals surface area contributed by atoms with Crippen molar-refractivity contribution in [2.75, 3.05) is 13.1 Å². The molecule has 4 heteroatoms. The van der Waals surface area contributed by atoms with Gasteiger partial charge in [0.1, 0.15) is 0 Å². The number of hydrogen-bond donors (Lipinski definition) is 1. The molecule has 0 radical (unpaired) electrons. The standard InChI is InChI=1S/C13H15BrN2O/c14-11-4-2-1-3-9(11)5-6-16-10-7-12(13(16)17)15-8-10/h1-4,10,12,15H,5-8H2. The van der Waals surface area contributed by atoms with Crippen molar-refractivity contribution in [3.63, 3.8) is 0 Å². The zero-order valence-electron chi connectivity index (χ0n) is 9.53. The molecule has 1 N–H and O–H groups in total. The van der Waals surface area contributed by atoms with Gasteiger partial charge in [0, 0.05) is 23.6 Å². The van der Waals surface area contributed by atoms with Gasteiger partial charge < -0.3 is 10.2 Å². The van der Waals surface area contributed by atoms with E-state index in [-0.39, 0.29) is 11.9 Å². The first-order chi connectivity index (χ1) is 8.25. The van der Waals surface area contributed by atoms with Gasteiger partial charge in [0.2, 0.25) is 5.91 Å². The van der Waals surface area contributed by atoms with Gasteiger partial charge >= 0.3 is 0 Å². The largest absolute Gasteiger partial charge is 0.337 e. The average molecular weight is 295 g/mol. The van der Waals surface area contributed by atoms with Gasteiger partial charge in [-0.05, 0) is 24.5 Å². The summed E-state index contributed by atoms with van der Waals surface area (Å²) in [4.78, 5) is 14.0. The van der Waals surface area contributed by atoms with E-state index in [1.165, 1.54) is 5.56 Å². The molecule has 1 aromatic carbocycles. The van der Waals surface area contributed by atoms with E-state index in [0.29, 0.717) is 6.04 Å². The summed E-state index contributed by atoms with van der Waals surface area (Å²) in [5.74, 6) is 0.285. The van der Waals surface area contributed by atoms with Crippen LogP contribution < -0.4 is 5.32 Å². The number of likely N-dealkylation sites (tertiary alicyclic amines) is 1. The summed E-state index contributed by atoms with van der Waals surface area (Å²) in [6, 6.07) is 8.74. The van der Waals surface area contributed by atoms with Crippen molar-refractivity contribution in [1.29, 1.82) is 0 Å². The lowest BCUT2D eigenvalue weighted by molar-refractivity contribution is -0.132. The molecule has 2 aliphatic heterocycles. The molecule has 0 saturated carbocycles. The van der Waals surface area contributed by atoms with E-state index in [2.05, 4.69) is 33.4 Å². The molecular weight excluding hydrogens is 280 g/mol. The number of hydrogen-bond acceptors (Lipinski definition) is 2. The quantitative estimate of drug-likeness (QED) is 0.918. The number of carbonyl (C=O) groups excluding carboxylic acids is 1. The molecule has 0 aromatic heterocycles.